The van der Waals surface area contributed by atoms with E-state index in [-0.39, 0.29) is 11.8 Å². The van der Waals surface area contributed by atoms with Crippen LogP contribution in [0.1, 0.15) is 26.7 Å². The Morgan fingerprint density at radius 1 is 1.31 bits per heavy atom. The number of anilines is 1. The van der Waals surface area contributed by atoms with E-state index in [0.717, 1.165) is 27.5 Å². The summed E-state index contributed by atoms with van der Waals surface area (Å²) in [5.74, 6) is 0.184. The van der Waals surface area contributed by atoms with Gasteiger partial charge >= 0.3 is 0 Å². The summed E-state index contributed by atoms with van der Waals surface area (Å²) in [5.41, 5.74) is 0.820. The summed E-state index contributed by atoms with van der Waals surface area (Å²) < 4.78 is 1.88. The maximum absolute atomic E-state index is 11.9. The number of halogens is 2. The quantitative estimate of drug-likeness (QED) is 0.847. The number of rotatable bonds is 4. The molecule has 1 amide bonds. The van der Waals surface area contributed by atoms with E-state index in [1.165, 1.54) is 0 Å². The lowest BCUT2D eigenvalue weighted by atomic mass is 10.0. The fraction of sp³-hybridized carbons (Fsp3) is 0.417. The normalized spacial score (nSPS) is 10.6. The van der Waals surface area contributed by atoms with Crippen LogP contribution in [0.25, 0.3) is 0 Å². The molecule has 1 rings (SSSR count). The van der Waals surface area contributed by atoms with E-state index in [9.17, 15) is 4.79 Å². The highest BCUT2D eigenvalue weighted by atomic mass is 79.9. The molecule has 0 aliphatic rings. The van der Waals surface area contributed by atoms with E-state index in [1.54, 1.807) is 0 Å². The Morgan fingerprint density at radius 3 is 2.44 bits per heavy atom. The van der Waals surface area contributed by atoms with Crippen LogP contribution in [0, 0.1) is 5.92 Å². The number of hydrogen-bond acceptors (Lipinski definition) is 1. The zero-order valence-corrected chi connectivity index (χ0v) is 12.6. The molecular formula is C12H15Br2NO. The van der Waals surface area contributed by atoms with Crippen molar-refractivity contribution in [1.82, 2.24) is 0 Å². The molecule has 1 aromatic carbocycles. The van der Waals surface area contributed by atoms with Crippen LogP contribution in [-0.4, -0.2) is 5.91 Å². The number of benzene rings is 1. The van der Waals surface area contributed by atoms with Crippen molar-refractivity contribution in [2.75, 3.05) is 5.32 Å². The highest BCUT2D eigenvalue weighted by molar-refractivity contribution is 9.11. The minimum absolute atomic E-state index is 0.0908. The Morgan fingerprint density at radius 2 is 1.94 bits per heavy atom. The lowest BCUT2D eigenvalue weighted by molar-refractivity contribution is -0.120. The summed E-state index contributed by atoms with van der Waals surface area (Å²) in [6.07, 6.45) is 1.74. The molecule has 0 aliphatic carbocycles. The van der Waals surface area contributed by atoms with Gasteiger partial charge in [-0.15, -0.1) is 0 Å². The van der Waals surface area contributed by atoms with Crippen LogP contribution in [0.2, 0.25) is 0 Å². The van der Waals surface area contributed by atoms with Gasteiger partial charge in [-0.25, -0.2) is 0 Å². The fourth-order valence-corrected chi connectivity index (χ4v) is 2.63. The van der Waals surface area contributed by atoms with Crippen molar-refractivity contribution in [3.8, 4) is 0 Å². The van der Waals surface area contributed by atoms with Crippen LogP contribution in [0.5, 0.6) is 0 Å². The van der Waals surface area contributed by atoms with E-state index in [0.29, 0.717) is 0 Å². The van der Waals surface area contributed by atoms with Gasteiger partial charge in [0.25, 0.3) is 0 Å². The number of amides is 1. The Labute approximate surface area is 113 Å². The third-order valence-corrected chi connectivity index (χ3v) is 3.69. The van der Waals surface area contributed by atoms with Gasteiger partial charge in [-0.05, 0) is 47.0 Å². The van der Waals surface area contributed by atoms with Crippen molar-refractivity contribution in [1.29, 1.82) is 0 Å². The lowest BCUT2D eigenvalue weighted by Crippen LogP contribution is -2.21. The summed E-state index contributed by atoms with van der Waals surface area (Å²) in [4.78, 5) is 11.9. The first-order valence-electron chi connectivity index (χ1n) is 5.34. The van der Waals surface area contributed by atoms with E-state index in [1.807, 2.05) is 32.0 Å². The summed E-state index contributed by atoms with van der Waals surface area (Å²) >= 11 is 6.80. The first-order valence-corrected chi connectivity index (χ1v) is 6.93. The maximum atomic E-state index is 11.9. The zero-order valence-electron chi connectivity index (χ0n) is 9.39. The number of carbonyl (C=O) groups is 1. The van der Waals surface area contributed by atoms with Crippen LogP contribution in [-0.2, 0) is 4.79 Å². The molecule has 0 saturated heterocycles. The molecule has 4 heteroatoms. The lowest BCUT2D eigenvalue weighted by Gasteiger charge is -2.13. The number of carbonyl (C=O) groups excluding carboxylic acids is 1. The van der Waals surface area contributed by atoms with Crippen molar-refractivity contribution >= 4 is 43.5 Å². The molecule has 1 aromatic rings. The fourth-order valence-electron chi connectivity index (χ4n) is 1.49. The second-order valence-electron chi connectivity index (χ2n) is 3.63. The maximum Gasteiger partial charge on any atom is 0.227 e. The van der Waals surface area contributed by atoms with Crippen molar-refractivity contribution in [2.24, 2.45) is 5.92 Å². The van der Waals surface area contributed by atoms with Gasteiger partial charge < -0.3 is 5.32 Å². The minimum atomic E-state index is 0.0908. The molecule has 0 heterocycles. The molecular weight excluding hydrogens is 334 g/mol. The van der Waals surface area contributed by atoms with Crippen molar-refractivity contribution in [3.05, 3.63) is 27.1 Å². The van der Waals surface area contributed by atoms with E-state index in [2.05, 4.69) is 37.2 Å². The highest BCUT2D eigenvalue weighted by Crippen LogP contribution is 2.26. The average molecular weight is 349 g/mol. The molecule has 0 spiro atoms. The largest absolute Gasteiger partial charge is 0.325 e. The topological polar surface area (TPSA) is 29.1 Å². The number of nitrogens with one attached hydrogen (secondary N) is 1. The van der Waals surface area contributed by atoms with Crippen LogP contribution >= 0.6 is 31.9 Å². The second kappa shape index (κ2) is 6.40. The van der Waals surface area contributed by atoms with Gasteiger partial charge in [0.1, 0.15) is 0 Å². The summed E-state index contributed by atoms with van der Waals surface area (Å²) in [6, 6.07) is 5.71. The molecule has 2 nitrogen and oxygen atoms in total. The molecule has 16 heavy (non-hydrogen) atoms. The third kappa shape index (κ3) is 3.59. The second-order valence-corrected chi connectivity index (χ2v) is 5.40. The van der Waals surface area contributed by atoms with Gasteiger partial charge in [0, 0.05) is 14.9 Å². The Bertz CT molecular complexity index is 375. The summed E-state index contributed by atoms with van der Waals surface area (Å²) in [6.45, 7) is 4.06. The summed E-state index contributed by atoms with van der Waals surface area (Å²) in [5, 5.41) is 2.93. The number of hydrogen-bond donors (Lipinski definition) is 1. The first kappa shape index (κ1) is 13.7. The third-order valence-electron chi connectivity index (χ3n) is 2.55. The van der Waals surface area contributed by atoms with E-state index in [4.69, 9.17) is 0 Å². The average Bonchev–Trinajstić information content (AvgIpc) is 2.24. The molecule has 0 bridgehead atoms. The van der Waals surface area contributed by atoms with Crippen molar-refractivity contribution in [2.45, 2.75) is 26.7 Å². The molecule has 1 N–H and O–H groups in total. The van der Waals surface area contributed by atoms with Gasteiger partial charge in [0.15, 0.2) is 0 Å². The minimum Gasteiger partial charge on any atom is -0.325 e. The van der Waals surface area contributed by atoms with Gasteiger partial charge in [-0.2, -0.15) is 0 Å². The molecule has 0 fully saturated rings. The molecule has 88 valence electrons. The molecule has 0 atom stereocenters. The van der Waals surface area contributed by atoms with Crippen molar-refractivity contribution in [3.63, 3.8) is 0 Å². The van der Waals surface area contributed by atoms with Gasteiger partial charge in [0.2, 0.25) is 5.91 Å². The Balaban J connectivity index is 2.76. The SMILES string of the molecule is CCC(CC)C(=O)Nc1ccc(Br)cc1Br. The smallest absolute Gasteiger partial charge is 0.227 e. The summed E-state index contributed by atoms with van der Waals surface area (Å²) in [7, 11) is 0. The van der Waals surface area contributed by atoms with E-state index >= 15 is 0 Å². The van der Waals surface area contributed by atoms with Crippen LogP contribution in [0.3, 0.4) is 0 Å². The zero-order chi connectivity index (χ0) is 12.1. The highest BCUT2D eigenvalue weighted by Gasteiger charge is 2.15. The van der Waals surface area contributed by atoms with Crippen LogP contribution in [0.4, 0.5) is 5.69 Å². The monoisotopic (exact) mass is 347 g/mol. The van der Waals surface area contributed by atoms with Crippen molar-refractivity contribution < 1.29 is 4.79 Å². The Hall–Kier alpha value is -0.350. The van der Waals surface area contributed by atoms with Gasteiger partial charge in [0.05, 0.1) is 5.69 Å². The van der Waals surface area contributed by atoms with E-state index < -0.39 is 0 Å². The molecule has 0 aliphatic heterocycles. The molecule has 0 aromatic heterocycles. The van der Waals surface area contributed by atoms with Gasteiger partial charge in [-0.1, -0.05) is 29.8 Å². The molecule has 0 radical (unpaired) electrons. The van der Waals surface area contributed by atoms with Crippen LogP contribution < -0.4 is 5.32 Å². The predicted octanol–water partition coefficient (Wildman–Crippen LogP) is 4.59. The van der Waals surface area contributed by atoms with Gasteiger partial charge in [-0.3, -0.25) is 4.79 Å². The molecule has 0 unspecified atom stereocenters. The molecule has 0 saturated carbocycles. The Kier molecular flexibility index (Phi) is 5.49. The standard InChI is InChI=1S/C12H15Br2NO/c1-3-8(4-2)12(16)15-11-6-5-9(13)7-10(11)14/h5-8H,3-4H2,1-2H3,(H,15,16). The first-order chi connectivity index (χ1) is 7.58. The van der Waals surface area contributed by atoms with Crippen LogP contribution in [0.15, 0.2) is 27.1 Å². The predicted molar refractivity (Wildman–Crippen MR) is 74.5 cm³/mol.